The van der Waals surface area contributed by atoms with E-state index in [-0.39, 0.29) is 5.91 Å². The number of amides is 1. The first-order chi connectivity index (χ1) is 12.6. The van der Waals surface area contributed by atoms with Crippen molar-refractivity contribution in [2.75, 3.05) is 0 Å². The van der Waals surface area contributed by atoms with Gasteiger partial charge in [0, 0.05) is 40.0 Å². The van der Waals surface area contributed by atoms with Gasteiger partial charge in [-0.15, -0.1) is 11.3 Å². The molecule has 0 aliphatic rings. The molecule has 5 heteroatoms. The van der Waals surface area contributed by atoms with E-state index >= 15 is 0 Å². The van der Waals surface area contributed by atoms with Crippen molar-refractivity contribution in [3.8, 4) is 10.6 Å². The Hall–Kier alpha value is -2.92. The maximum atomic E-state index is 12.5. The van der Waals surface area contributed by atoms with Crippen molar-refractivity contribution >= 4 is 28.1 Å². The van der Waals surface area contributed by atoms with Crippen molar-refractivity contribution in [2.24, 2.45) is 0 Å². The van der Waals surface area contributed by atoms with E-state index in [1.54, 1.807) is 11.3 Å². The van der Waals surface area contributed by atoms with E-state index in [9.17, 15) is 4.79 Å². The molecule has 2 heterocycles. The van der Waals surface area contributed by atoms with Gasteiger partial charge in [0.15, 0.2) is 0 Å². The van der Waals surface area contributed by atoms with Crippen LogP contribution in [0.1, 0.15) is 27.3 Å². The summed E-state index contributed by atoms with van der Waals surface area (Å²) in [6, 6.07) is 15.9. The summed E-state index contributed by atoms with van der Waals surface area (Å²) in [7, 11) is 0. The van der Waals surface area contributed by atoms with Crippen LogP contribution in [0, 0.1) is 13.8 Å². The molecule has 2 aromatic heterocycles. The highest BCUT2D eigenvalue weighted by Crippen LogP contribution is 2.24. The van der Waals surface area contributed by atoms with Gasteiger partial charge in [0.1, 0.15) is 5.01 Å². The smallest absolute Gasteiger partial charge is 0.251 e. The van der Waals surface area contributed by atoms with Gasteiger partial charge in [-0.1, -0.05) is 18.2 Å². The zero-order valence-electron chi connectivity index (χ0n) is 14.7. The van der Waals surface area contributed by atoms with Gasteiger partial charge < -0.3 is 10.3 Å². The fourth-order valence-corrected chi connectivity index (χ4v) is 3.80. The van der Waals surface area contributed by atoms with Crippen LogP contribution in [0.15, 0.2) is 53.9 Å². The standard InChI is InChI=1S/C21H19N3OS/c1-13-8-18-9-15(6-7-19(18)23-13)11-22-20(25)16-4-3-5-17(10-16)21-24-14(2)12-26-21/h3-10,12,23H,11H2,1-2H3,(H,22,25). The Balaban J connectivity index is 1.49. The number of aryl methyl sites for hydroxylation is 2. The van der Waals surface area contributed by atoms with Gasteiger partial charge in [0.05, 0.1) is 0 Å². The number of carbonyl (C=O) groups is 1. The van der Waals surface area contributed by atoms with Crippen molar-refractivity contribution in [1.82, 2.24) is 15.3 Å². The number of fused-ring (bicyclic) bond motifs is 1. The lowest BCUT2D eigenvalue weighted by atomic mass is 10.1. The zero-order valence-corrected chi connectivity index (χ0v) is 15.5. The lowest BCUT2D eigenvalue weighted by molar-refractivity contribution is 0.0951. The van der Waals surface area contributed by atoms with E-state index in [0.717, 1.165) is 38.4 Å². The molecule has 2 aromatic carbocycles. The Morgan fingerprint density at radius 1 is 1.15 bits per heavy atom. The predicted octanol–water partition coefficient (Wildman–Crippen LogP) is 4.84. The van der Waals surface area contributed by atoms with Gasteiger partial charge in [-0.2, -0.15) is 0 Å². The molecule has 0 unspecified atom stereocenters. The van der Waals surface area contributed by atoms with E-state index in [1.807, 2.05) is 49.6 Å². The molecular weight excluding hydrogens is 342 g/mol. The Morgan fingerprint density at radius 2 is 2.04 bits per heavy atom. The lowest BCUT2D eigenvalue weighted by Crippen LogP contribution is -2.22. The third-order valence-corrected chi connectivity index (χ3v) is 5.27. The van der Waals surface area contributed by atoms with Crippen LogP contribution in [-0.2, 0) is 6.54 Å². The van der Waals surface area contributed by atoms with E-state index < -0.39 is 0 Å². The summed E-state index contributed by atoms with van der Waals surface area (Å²) in [5.74, 6) is -0.0783. The highest BCUT2D eigenvalue weighted by atomic mass is 32.1. The topological polar surface area (TPSA) is 57.8 Å². The van der Waals surface area contributed by atoms with Crippen LogP contribution in [-0.4, -0.2) is 15.9 Å². The molecule has 4 aromatic rings. The number of benzene rings is 2. The van der Waals surface area contributed by atoms with Crippen LogP contribution in [0.4, 0.5) is 0 Å². The second-order valence-electron chi connectivity index (χ2n) is 6.43. The summed E-state index contributed by atoms with van der Waals surface area (Å²) in [5.41, 5.74) is 5.94. The van der Waals surface area contributed by atoms with Crippen LogP contribution < -0.4 is 5.32 Å². The normalized spacial score (nSPS) is 11.0. The first kappa shape index (κ1) is 16.5. The summed E-state index contributed by atoms with van der Waals surface area (Å²) < 4.78 is 0. The number of hydrogen-bond acceptors (Lipinski definition) is 3. The minimum atomic E-state index is -0.0783. The average molecular weight is 361 g/mol. The molecule has 0 bridgehead atoms. The summed E-state index contributed by atoms with van der Waals surface area (Å²) in [4.78, 5) is 20.3. The van der Waals surface area contributed by atoms with Crippen molar-refractivity contribution in [2.45, 2.75) is 20.4 Å². The number of hydrogen-bond donors (Lipinski definition) is 2. The predicted molar refractivity (Wildman–Crippen MR) is 106 cm³/mol. The lowest BCUT2D eigenvalue weighted by Gasteiger charge is -2.07. The van der Waals surface area contributed by atoms with Gasteiger partial charge in [-0.05, 0) is 55.1 Å². The molecule has 0 aliphatic heterocycles. The molecule has 0 aliphatic carbocycles. The van der Waals surface area contributed by atoms with Crippen molar-refractivity contribution in [1.29, 1.82) is 0 Å². The molecule has 4 rings (SSSR count). The third-order valence-electron chi connectivity index (χ3n) is 4.26. The van der Waals surface area contributed by atoms with Crippen LogP contribution >= 0.6 is 11.3 Å². The summed E-state index contributed by atoms with van der Waals surface area (Å²) in [6.45, 7) is 4.51. The highest BCUT2D eigenvalue weighted by molar-refractivity contribution is 7.13. The van der Waals surface area contributed by atoms with E-state index in [0.29, 0.717) is 12.1 Å². The molecule has 4 nitrogen and oxygen atoms in total. The van der Waals surface area contributed by atoms with Gasteiger partial charge in [0.25, 0.3) is 5.91 Å². The molecule has 0 atom stereocenters. The molecule has 0 saturated heterocycles. The molecule has 1 amide bonds. The average Bonchev–Trinajstić information content (AvgIpc) is 3.24. The maximum absolute atomic E-state index is 12.5. The maximum Gasteiger partial charge on any atom is 0.251 e. The number of aromatic amines is 1. The molecule has 26 heavy (non-hydrogen) atoms. The summed E-state index contributed by atoms with van der Waals surface area (Å²) in [5, 5.41) is 7.12. The number of thiazole rings is 1. The van der Waals surface area contributed by atoms with Gasteiger partial charge in [-0.3, -0.25) is 4.79 Å². The number of rotatable bonds is 4. The van der Waals surface area contributed by atoms with Crippen LogP contribution in [0.2, 0.25) is 0 Å². The first-order valence-electron chi connectivity index (χ1n) is 8.47. The zero-order chi connectivity index (χ0) is 18.1. The molecule has 2 N–H and O–H groups in total. The van der Waals surface area contributed by atoms with Gasteiger partial charge >= 0.3 is 0 Å². The molecule has 0 spiro atoms. The quantitative estimate of drug-likeness (QED) is 0.546. The first-order valence-corrected chi connectivity index (χ1v) is 9.35. The number of H-pyrrole nitrogens is 1. The number of nitrogens with zero attached hydrogens (tertiary/aromatic N) is 1. The molecule has 0 radical (unpaired) electrons. The van der Waals surface area contributed by atoms with Crippen LogP contribution in [0.25, 0.3) is 21.5 Å². The fraction of sp³-hybridized carbons (Fsp3) is 0.143. The van der Waals surface area contributed by atoms with Crippen LogP contribution in [0.5, 0.6) is 0 Å². The minimum Gasteiger partial charge on any atom is -0.359 e. The SMILES string of the molecule is Cc1csc(-c2cccc(C(=O)NCc3ccc4[nH]c(C)cc4c3)c2)n1. The Labute approximate surface area is 155 Å². The second-order valence-corrected chi connectivity index (χ2v) is 7.29. The Kier molecular flexibility index (Phi) is 4.31. The summed E-state index contributed by atoms with van der Waals surface area (Å²) in [6.07, 6.45) is 0. The Morgan fingerprint density at radius 3 is 2.85 bits per heavy atom. The number of aromatic nitrogens is 2. The van der Waals surface area contributed by atoms with Crippen molar-refractivity contribution in [3.05, 3.63) is 76.4 Å². The summed E-state index contributed by atoms with van der Waals surface area (Å²) >= 11 is 1.59. The van der Waals surface area contributed by atoms with Crippen molar-refractivity contribution < 1.29 is 4.79 Å². The van der Waals surface area contributed by atoms with Gasteiger partial charge in [-0.25, -0.2) is 4.98 Å². The third kappa shape index (κ3) is 3.39. The highest BCUT2D eigenvalue weighted by Gasteiger charge is 2.09. The second kappa shape index (κ2) is 6.77. The number of nitrogens with one attached hydrogen (secondary N) is 2. The van der Waals surface area contributed by atoms with Crippen LogP contribution in [0.3, 0.4) is 0 Å². The van der Waals surface area contributed by atoms with Crippen molar-refractivity contribution in [3.63, 3.8) is 0 Å². The Bertz CT molecular complexity index is 1090. The molecule has 130 valence electrons. The van der Waals surface area contributed by atoms with Gasteiger partial charge in [0.2, 0.25) is 0 Å². The fourth-order valence-electron chi connectivity index (χ4n) is 3.00. The van der Waals surface area contributed by atoms with E-state index in [2.05, 4.69) is 33.5 Å². The number of carbonyl (C=O) groups excluding carboxylic acids is 1. The molecule has 0 fully saturated rings. The minimum absolute atomic E-state index is 0.0783. The van der Waals surface area contributed by atoms with E-state index in [4.69, 9.17) is 0 Å². The molecular formula is C21H19N3OS. The van der Waals surface area contributed by atoms with E-state index in [1.165, 1.54) is 0 Å². The monoisotopic (exact) mass is 361 g/mol. The molecule has 0 saturated carbocycles. The largest absolute Gasteiger partial charge is 0.359 e.